The van der Waals surface area contributed by atoms with Gasteiger partial charge < -0.3 is 15.2 Å². The first kappa shape index (κ1) is 16.0. The van der Waals surface area contributed by atoms with Gasteiger partial charge >= 0.3 is 5.97 Å². The van der Waals surface area contributed by atoms with Crippen LogP contribution in [0.1, 0.15) is 58.8 Å². The smallest absolute Gasteiger partial charge is 0.305 e. The summed E-state index contributed by atoms with van der Waals surface area (Å²) < 4.78 is 5.23. The average Bonchev–Trinajstić information content (AvgIpc) is 2.27. The second kappa shape index (κ2) is 6.37. The largest absolute Gasteiger partial charge is 0.481 e. The average molecular weight is 271 g/mol. The minimum absolute atomic E-state index is 0.00610. The topological polar surface area (TPSA) is 75.6 Å². The lowest BCUT2D eigenvalue weighted by atomic mass is 9.79. The SMILES string of the molecule is COC(C)(C)CC(=O)NC1(CC(=O)O)CCCCC1. The van der Waals surface area contributed by atoms with E-state index in [4.69, 9.17) is 9.84 Å². The van der Waals surface area contributed by atoms with Gasteiger partial charge in [0.25, 0.3) is 0 Å². The number of carbonyl (C=O) groups excluding carboxylic acids is 1. The minimum Gasteiger partial charge on any atom is -0.481 e. The summed E-state index contributed by atoms with van der Waals surface area (Å²) in [5.74, 6) is -0.983. The Bertz CT molecular complexity index is 332. The number of aliphatic carboxylic acids is 1. The Hall–Kier alpha value is -1.10. The fraction of sp³-hybridized carbons (Fsp3) is 0.857. The maximum Gasteiger partial charge on any atom is 0.305 e. The molecule has 0 atom stereocenters. The zero-order valence-corrected chi connectivity index (χ0v) is 12.1. The Morgan fingerprint density at radius 2 is 1.84 bits per heavy atom. The van der Waals surface area contributed by atoms with E-state index in [0.29, 0.717) is 0 Å². The molecule has 0 aromatic carbocycles. The molecule has 0 aromatic rings. The van der Waals surface area contributed by atoms with Gasteiger partial charge in [-0.15, -0.1) is 0 Å². The van der Waals surface area contributed by atoms with Gasteiger partial charge in [0.15, 0.2) is 0 Å². The van der Waals surface area contributed by atoms with Gasteiger partial charge in [-0.3, -0.25) is 9.59 Å². The van der Waals surface area contributed by atoms with Gasteiger partial charge in [0, 0.05) is 7.11 Å². The van der Waals surface area contributed by atoms with Gasteiger partial charge in [-0.2, -0.15) is 0 Å². The molecule has 0 radical (unpaired) electrons. The van der Waals surface area contributed by atoms with Crippen LogP contribution in [0.5, 0.6) is 0 Å². The number of nitrogens with one attached hydrogen (secondary N) is 1. The molecular weight excluding hydrogens is 246 g/mol. The normalized spacial score (nSPS) is 18.9. The van der Waals surface area contributed by atoms with Crippen molar-refractivity contribution >= 4 is 11.9 Å². The molecule has 5 heteroatoms. The number of hydrogen-bond acceptors (Lipinski definition) is 3. The van der Waals surface area contributed by atoms with E-state index in [1.807, 2.05) is 13.8 Å². The fourth-order valence-corrected chi connectivity index (χ4v) is 2.66. The Morgan fingerprint density at radius 3 is 2.32 bits per heavy atom. The second-order valence-electron chi connectivity index (χ2n) is 6.10. The molecule has 1 aliphatic rings. The lowest BCUT2D eigenvalue weighted by Crippen LogP contribution is -2.52. The Kier molecular flexibility index (Phi) is 5.35. The number of carboxylic acids is 1. The first-order valence-corrected chi connectivity index (χ1v) is 6.87. The van der Waals surface area contributed by atoms with E-state index < -0.39 is 17.1 Å². The summed E-state index contributed by atoms with van der Waals surface area (Å²) in [6.45, 7) is 3.69. The van der Waals surface area contributed by atoms with E-state index in [1.54, 1.807) is 7.11 Å². The number of methoxy groups -OCH3 is 1. The van der Waals surface area contributed by atoms with Crippen molar-refractivity contribution in [2.24, 2.45) is 0 Å². The van der Waals surface area contributed by atoms with Crippen molar-refractivity contribution in [1.29, 1.82) is 0 Å². The molecule has 110 valence electrons. The van der Waals surface area contributed by atoms with Crippen LogP contribution in [-0.4, -0.2) is 35.2 Å². The number of carboxylic acid groups (broad SMARTS) is 1. The second-order valence-corrected chi connectivity index (χ2v) is 6.10. The number of amides is 1. The molecule has 19 heavy (non-hydrogen) atoms. The van der Waals surface area contributed by atoms with Crippen molar-refractivity contribution in [3.8, 4) is 0 Å². The van der Waals surface area contributed by atoms with E-state index in [9.17, 15) is 9.59 Å². The Morgan fingerprint density at radius 1 is 1.26 bits per heavy atom. The van der Waals surface area contributed by atoms with Crippen molar-refractivity contribution in [2.75, 3.05) is 7.11 Å². The molecule has 0 bridgehead atoms. The summed E-state index contributed by atoms with van der Waals surface area (Å²) in [4.78, 5) is 23.1. The summed E-state index contributed by atoms with van der Waals surface area (Å²) in [6.07, 6.45) is 4.80. The molecule has 2 N–H and O–H groups in total. The van der Waals surface area contributed by atoms with Crippen LogP contribution in [0.2, 0.25) is 0 Å². The third-order valence-corrected chi connectivity index (χ3v) is 3.84. The predicted molar refractivity (Wildman–Crippen MR) is 71.9 cm³/mol. The van der Waals surface area contributed by atoms with Crippen LogP contribution >= 0.6 is 0 Å². The fourth-order valence-electron chi connectivity index (χ4n) is 2.66. The number of ether oxygens (including phenoxy) is 1. The van der Waals surface area contributed by atoms with E-state index in [1.165, 1.54) is 0 Å². The summed E-state index contributed by atoms with van der Waals surface area (Å²) in [5, 5.41) is 12.0. The highest BCUT2D eigenvalue weighted by atomic mass is 16.5. The highest BCUT2D eigenvalue weighted by Crippen LogP contribution is 2.31. The van der Waals surface area contributed by atoms with Crippen LogP contribution in [0.4, 0.5) is 0 Å². The zero-order valence-electron chi connectivity index (χ0n) is 12.1. The molecule has 0 heterocycles. The van der Waals surface area contributed by atoms with Gasteiger partial charge in [0.05, 0.1) is 24.0 Å². The summed E-state index contributed by atoms with van der Waals surface area (Å²) >= 11 is 0. The Balaban J connectivity index is 2.67. The van der Waals surface area contributed by atoms with E-state index in [-0.39, 0.29) is 18.7 Å². The quantitative estimate of drug-likeness (QED) is 0.775. The van der Waals surface area contributed by atoms with Gasteiger partial charge in [0.2, 0.25) is 5.91 Å². The molecule has 1 fully saturated rings. The maximum atomic E-state index is 12.1. The summed E-state index contributed by atoms with van der Waals surface area (Å²) in [5.41, 5.74) is -1.09. The number of carbonyl (C=O) groups is 2. The van der Waals surface area contributed by atoms with Crippen LogP contribution in [0, 0.1) is 0 Å². The summed E-state index contributed by atoms with van der Waals surface area (Å²) in [7, 11) is 1.57. The number of rotatable bonds is 6. The van der Waals surface area contributed by atoms with Crippen LogP contribution in [0.3, 0.4) is 0 Å². The first-order valence-electron chi connectivity index (χ1n) is 6.87. The van der Waals surface area contributed by atoms with Gasteiger partial charge in [0.1, 0.15) is 0 Å². The van der Waals surface area contributed by atoms with Crippen LogP contribution in [0.15, 0.2) is 0 Å². The standard InChI is InChI=1S/C14H25NO4/c1-13(2,19-3)9-11(16)15-14(10-12(17)18)7-5-4-6-8-14/h4-10H2,1-3H3,(H,15,16)(H,17,18). The Labute approximate surface area is 114 Å². The molecule has 1 rings (SSSR count). The molecule has 0 saturated heterocycles. The van der Waals surface area contributed by atoms with E-state index >= 15 is 0 Å². The third-order valence-electron chi connectivity index (χ3n) is 3.84. The molecule has 0 spiro atoms. The van der Waals surface area contributed by atoms with E-state index in [2.05, 4.69) is 5.32 Å². The van der Waals surface area contributed by atoms with Gasteiger partial charge in [-0.1, -0.05) is 19.3 Å². The van der Waals surface area contributed by atoms with Crippen molar-refractivity contribution in [2.45, 2.75) is 69.9 Å². The van der Waals surface area contributed by atoms with Crippen molar-refractivity contribution < 1.29 is 19.4 Å². The number of hydrogen-bond donors (Lipinski definition) is 2. The molecule has 1 aliphatic carbocycles. The van der Waals surface area contributed by atoms with Crippen LogP contribution < -0.4 is 5.32 Å². The molecule has 0 unspecified atom stereocenters. The van der Waals surface area contributed by atoms with Gasteiger partial charge in [-0.25, -0.2) is 0 Å². The van der Waals surface area contributed by atoms with Gasteiger partial charge in [-0.05, 0) is 26.7 Å². The first-order chi connectivity index (χ1) is 8.79. The minimum atomic E-state index is -0.854. The molecular formula is C14H25NO4. The molecule has 0 aromatic heterocycles. The van der Waals surface area contributed by atoms with Crippen molar-refractivity contribution in [3.63, 3.8) is 0 Å². The van der Waals surface area contributed by atoms with Crippen molar-refractivity contribution in [3.05, 3.63) is 0 Å². The molecule has 1 saturated carbocycles. The molecule has 0 aliphatic heterocycles. The zero-order chi connectivity index (χ0) is 14.5. The predicted octanol–water partition coefficient (Wildman–Crippen LogP) is 2.10. The maximum absolute atomic E-state index is 12.1. The lowest BCUT2D eigenvalue weighted by molar-refractivity contribution is -0.140. The lowest BCUT2D eigenvalue weighted by Gasteiger charge is -2.37. The summed E-state index contributed by atoms with van der Waals surface area (Å²) in [6, 6.07) is 0. The van der Waals surface area contributed by atoms with Crippen molar-refractivity contribution in [1.82, 2.24) is 5.32 Å². The van der Waals surface area contributed by atoms with Crippen LogP contribution in [-0.2, 0) is 14.3 Å². The monoisotopic (exact) mass is 271 g/mol. The highest BCUT2D eigenvalue weighted by Gasteiger charge is 2.36. The molecule has 1 amide bonds. The van der Waals surface area contributed by atoms with E-state index in [0.717, 1.165) is 32.1 Å². The highest BCUT2D eigenvalue weighted by molar-refractivity contribution is 5.79. The molecule has 5 nitrogen and oxygen atoms in total. The third kappa shape index (κ3) is 5.19. The van der Waals surface area contributed by atoms with Crippen LogP contribution in [0.25, 0.3) is 0 Å².